The van der Waals surface area contributed by atoms with E-state index < -0.39 is 11.5 Å². The number of carbonyl (C=O) groups is 1. The molecule has 2 N–H and O–H groups in total. The number of ether oxygens (including phenoxy) is 2. The second kappa shape index (κ2) is 6.21. The van der Waals surface area contributed by atoms with Crippen molar-refractivity contribution in [3.8, 4) is 5.75 Å². The lowest BCUT2D eigenvalue weighted by Gasteiger charge is -2.28. The van der Waals surface area contributed by atoms with Gasteiger partial charge in [0.15, 0.2) is 11.2 Å². The molecule has 0 bridgehead atoms. The summed E-state index contributed by atoms with van der Waals surface area (Å²) in [4.78, 5) is 20.8. The first kappa shape index (κ1) is 17.0. The Morgan fingerprint density at radius 2 is 2.08 bits per heavy atom. The third-order valence-corrected chi connectivity index (χ3v) is 4.33. The first-order valence-corrected chi connectivity index (χ1v) is 7.69. The predicted octanol–water partition coefficient (Wildman–Crippen LogP) is 2.01. The number of fused-ring (bicyclic) bond motifs is 1. The number of benzene rings is 1. The third-order valence-electron chi connectivity index (χ3n) is 4.04. The molecule has 0 fully saturated rings. The van der Waals surface area contributed by atoms with Crippen molar-refractivity contribution in [2.24, 2.45) is 0 Å². The normalized spacial score (nSPS) is 13.4. The molecule has 0 aliphatic rings. The Morgan fingerprint density at radius 3 is 2.76 bits per heavy atom. The molecule has 0 amide bonds. The van der Waals surface area contributed by atoms with Crippen molar-refractivity contribution in [1.29, 1.82) is 0 Å². The summed E-state index contributed by atoms with van der Waals surface area (Å²) in [6.45, 7) is 1.67. The van der Waals surface area contributed by atoms with Gasteiger partial charge in [-0.15, -0.1) is 0 Å². The average molecular weight is 362 g/mol. The molecule has 25 heavy (non-hydrogen) atoms. The van der Waals surface area contributed by atoms with Crippen LogP contribution < -0.4 is 10.5 Å². The maximum Gasteiger partial charge on any atom is 0.338 e. The van der Waals surface area contributed by atoms with Crippen LogP contribution in [0.15, 0.2) is 30.5 Å². The largest absolute Gasteiger partial charge is 0.497 e. The second-order valence-electron chi connectivity index (χ2n) is 5.46. The van der Waals surface area contributed by atoms with Crippen LogP contribution in [-0.2, 0) is 15.1 Å². The van der Waals surface area contributed by atoms with Crippen LogP contribution in [0.1, 0.15) is 12.5 Å². The van der Waals surface area contributed by atoms with Gasteiger partial charge in [0, 0.05) is 0 Å². The zero-order valence-electron chi connectivity index (χ0n) is 13.9. The van der Waals surface area contributed by atoms with E-state index >= 15 is 0 Å². The summed E-state index contributed by atoms with van der Waals surface area (Å²) in [5, 5.41) is 4.94. The van der Waals surface area contributed by atoms with Gasteiger partial charge in [0.05, 0.1) is 25.8 Å². The molecule has 2 heterocycles. The number of nitrogens with zero attached hydrogens (tertiary/aromatic N) is 4. The Balaban J connectivity index is 2.32. The molecule has 1 aromatic carbocycles. The van der Waals surface area contributed by atoms with Gasteiger partial charge in [-0.05, 0) is 24.6 Å². The quantitative estimate of drug-likeness (QED) is 0.559. The molecule has 0 aliphatic heterocycles. The van der Waals surface area contributed by atoms with Crippen molar-refractivity contribution < 1.29 is 14.3 Å². The molecule has 0 saturated heterocycles. The van der Waals surface area contributed by atoms with Crippen LogP contribution in [0.25, 0.3) is 11.0 Å². The van der Waals surface area contributed by atoms with Gasteiger partial charge in [-0.1, -0.05) is 23.7 Å². The van der Waals surface area contributed by atoms with Gasteiger partial charge in [0.25, 0.3) is 0 Å². The first-order valence-electron chi connectivity index (χ1n) is 7.32. The highest BCUT2D eigenvalue weighted by Gasteiger charge is 2.41. The Kier molecular flexibility index (Phi) is 4.22. The monoisotopic (exact) mass is 361 g/mol. The zero-order valence-corrected chi connectivity index (χ0v) is 14.6. The standard InChI is InChI=1S/C16H16ClN5O3/c1-16(14(23)25-3,9-5-4-6-10(7-9)24-2)22-13-11(8-19-22)12(17)20-15(18)21-13/h4-8H,1-3H3,(H2,18,20,21). The number of esters is 1. The number of aromatic nitrogens is 4. The number of anilines is 1. The molecular formula is C16H16ClN5O3. The van der Waals surface area contributed by atoms with Gasteiger partial charge in [-0.2, -0.15) is 10.1 Å². The Labute approximate surface area is 148 Å². The number of halogens is 1. The van der Waals surface area contributed by atoms with E-state index in [2.05, 4.69) is 15.1 Å². The molecule has 3 aromatic rings. The molecule has 0 aliphatic carbocycles. The number of carbonyl (C=O) groups excluding carboxylic acids is 1. The Bertz CT molecular complexity index is 958. The van der Waals surface area contributed by atoms with Crippen molar-refractivity contribution in [3.63, 3.8) is 0 Å². The van der Waals surface area contributed by atoms with Crippen molar-refractivity contribution in [2.45, 2.75) is 12.5 Å². The highest BCUT2D eigenvalue weighted by Crippen LogP contribution is 2.33. The lowest BCUT2D eigenvalue weighted by molar-refractivity contribution is -0.148. The fourth-order valence-corrected chi connectivity index (χ4v) is 2.89. The van der Waals surface area contributed by atoms with E-state index in [1.807, 2.05) is 0 Å². The van der Waals surface area contributed by atoms with Gasteiger partial charge in [0.2, 0.25) is 5.95 Å². The molecule has 1 atom stereocenters. The van der Waals surface area contributed by atoms with Gasteiger partial charge < -0.3 is 15.2 Å². The smallest absolute Gasteiger partial charge is 0.338 e. The van der Waals surface area contributed by atoms with Crippen molar-refractivity contribution in [1.82, 2.24) is 19.7 Å². The van der Waals surface area contributed by atoms with Crippen LogP contribution in [0.3, 0.4) is 0 Å². The summed E-state index contributed by atoms with van der Waals surface area (Å²) in [6, 6.07) is 7.06. The topological polar surface area (TPSA) is 105 Å². The van der Waals surface area contributed by atoms with Crippen LogP contribution in [-0.4, -0.2) is 39.9 Å². The lowest BCUT2D eigenvalue weighted by Crippen LogP contribution is -2.42. The van der Waals surface area contributed by atoms with Crippen molar-refractivity contribution >= 4 is 34.6 Å². The lowest BCUT2D eigenvalue weighted by atomic mass is 9.92. The molecule has 0 radical (unpaired) electrons. The van der Waals surface area contributed by atoms with Crippen molar-refractivity contribution in [2.75, 3.05) is 20.0 Å². The zero-order chi connectivity index (χ0) is 18.2. The first-order chi connectivity index (χ1) is 11.9. The molecule has 0 saturated carbocycles. The van der Waals surface area contributed by atoms with E-state index in [4.69, 9.17) is 26.8 Å². The summed E-state index contributed by atoms with van der Waals surface area (Å²) >= 11 is 6.11. The fourth-order valence-electron chi connectivity index (χ4n) is 2.67. The van der Waals surface area contributed by atoms with E-state index in [1.54, 1.807) is 38.3 Å². The molecule has 0 spiro atoms. The molecule has 3 rings (SSSR count). The number of hydrogen-bond donors (Lipinski definition) is 1. The van der Waals surface area contributed by atoms with E-state index in [0.717, 1.165) is 0 Å². The molecule has 8 nitrogen and oxygen atoms in total. The van der Waals surface area contributed by atoms with Crippen LogP contribution in [0.4, 0.5) is 5.95 Å². The summed E-state index contributed by atoms with van der Waals surface area (Å²) in [7, 11) is 2.86. The number of rotatable bonds is 4. The van der Waals surface area contributed by atoms with Crippen LogP contribution in [0, 0.1) is 0 Å². The van der Waals surface area contributed by atoms with Gasteiger partial charge in [-0.3, -0.25) is 0 Å². The predicted molar refractivity (Wildman–Crippen MR) is 92.5 cm³/mol. The summed E-state index contributed by atoms with van der Waals surface area (Å²) in [5.74, 6) is 0.0485. The third kappa shape index (κ3) is 2.64. The minimum Gasteiger partial charge on any atom is -0.497 e. The van der Waals surface area contributed by atoms with E-state index in [9.17, 15) is 4.79 Å². The Hall–Kier alpha value is -2.87. The number of nitrogens with two attached hydrogens (primary N) is 1. The molecule has 1 unspecified atom stereocenters. The highest BCUT2D eigenvalue weighted by molar-refractivity contribution is 6.34. The second-order valence-corrected chi connectivity index (χ2v) is 5.82. The number of methoxy groups -OCH3 is 2. The summed E-state index contributed by atoms with van der Waals surface area (Å²) in [6.07, 6.45) is 1.48. The maximum atomic E-state index is 12.7. The van der Waals surface area contributed by atoms with Crippen LogP contribution in [0.2, 0.25) is 5.15 Å². The number of hydrogen-bond acceptors (Lipinski definition) is 7. The average Bonchev–Trinajstić information content (AvgIpc) is 3.04. The molecule has 9 heteroatoms. The maximum absolute atomic E-state index is 12.7. The van der Waals surface area contributed by atoms with Gasteiger partial charge >= 0.3 is 5.97 Å². The Morgan fingerprint density at radius 1 is 1.32 bits per heavy atom. The highest BCUT2D eigenvalue weighted by atomic mass is 35.5. The molecular weight excluding hydrogens is 346 g/mol. The van der Waals surface area contributed by atoms with Gasteiger partial charge in [0.1, 0.15) is 10.9 Å². The minimum atomic E-state index is -1.31. The molecule has 130 valence electrons. The van der Waals surface area contributed by atoms with E-state index in [-0.39, 0.29) is 11.1 Å². The summed E-state index contributed by atoms with van der Waals surface area (Å²) in [5.41, 5.74) is 5.33. The number of nitrogen functional groups attached to an aromatic ring is 1. The van der Waals surface area contributed by atoms with E-state index in [1.165, 1.54) is 18.0 Å². The molecule has 2 aromatic heterocycles. The van der Waals surface area contributed by atoms with Crippen LogP contribution >= 0.6 is 11.6 Å². The minimum absolute atomic E-state index is 0.0166. The fraction of sp³-hybridized carbons (Fsp3) is 0.250. The summed E-state index contributed by atoms with van der Waals surface area (Å²) < 4.78 is 11.7. The van der Waals surface area contributed by atoms with Gasteiger partial charge in [-0.25, -0.2) is 14.5 Å². The van der Waals surface area contributed by atoms with Crippen molar-refractivity contribution in [3.05, 3.63) is 41.2 Å². The SMILES string of the molecule is COC(=O)C(C)(c1cccc(OC)c1)n1ncc2c(Cl)nc(N)nc21. The van der Waals surface area contributed by atoms with E-state index in [0.29, 0.717) is 22.3 Å². The van der Waals surface area contributed by atoms with Crippen LogP contribution in [0.5, 0.6) is 5.75 Å².